The van der Waals surface area contributed by atoms with Gasteiger partial charge in [-0.1, -0.05) is 12.1 Å². The maximum atomic E-state index is 11.5. The van der Waals surface area contributed by atoms with Crippen molar-refractivity contribution in [2.24, 2.45) is 11.8 Å². The van der Waals surface area contributed by atoms with Crippen LogP contribution in [-0.2, 0) is 4.74 Å². The van der Waals surface area contributed by atoms with E-state index in [0.29, 0.717) is 17.4 Å². The largest absolute Gasteiger partial charge is 0.486 e. The monoisotopic (exact) mass is 533 g/mol. The lowest BCUT2D eigenvalue weighted by molar-refractivity contribution is -0.105. The van der Waals surface area contributed by atoms with E-state index in [1.165, 1.54) is 4.90 Å². The van der Waals surface area contributed by atoms with Gasteiger partial charge < -0.3 is 29.1 Å². The number of ether oxygens (including phenoxy) is 3. The first-order chi connectivity index (χ1) is 19.0. The number of rotatable bonds is 10. The molecule has 2 bridgehead atoms. The highest BCUT2D eigenvalue weighted by Crippen LogP contribution is 2.40. The molecule has 8 heteroatoms. The summed E-state index contributed by atoms with van der Waals surface area (Å²) in [5.41, 5.74) is 1.68. The second kappa shape index (κ2) is 12.7. The fourth-order valence-electron chi connectivity index (χ4n) is 6.52. The van der Waals surface area contributed by atoms with Crippen molar-refractivity contribution in [1.82, 2.24) is 9.80 Å². The lowest BCUT2D eigenvalue weighted by Gasteiger charge is -2.41. The van der Waals surface area contributed by atoms with Gasteiger partial charge in [-0.2, -0.15) is 5.26 Å². The summed E-state index contributed by atoms with van der Waals surface area (Å²) >= 11 is 0. The van der Waals surface area contributed by atoms with Gasteiger partial charge in [-0.15, -0.1) is 0 Å². The average Bonchev–Trinajstić information content (AvgIpc) is 3.23. The van der Waals surface area contributed by atoms with Gasteiger partial charge in [0.05, 0.1) is 18.2 Å². The maximum absolute atomic E-state index is 11.5. The van der Waals surface area contributed by atoms with Gasteiger partial charge >= 0.3 is 6.09 Å². The van der Waals surface area contributed by atoms with E-state index in [4.69, 9.17) is 14.2 Å². The predicted molar refractivity (Wildman–Crippen MR) is 147 cm³/mol. The molecule has 5 rings (SSSR count). The third kappa shape index (κ3) is 6.84. The second-order valence-corrected chi connectivity index (χ2v) is 11.1. The summed E-state index contributed by atoms with van der Waals surface area (Å²) in [5.74, 6) is 2.37. The van der Waals surface area contributed by atoms with Crippen LogP contribution >= 0.6 is 0 Å². The SMILES string of the molecule is CN(C(=O)O)C1C2CCC1CN(CCCC(Oc1ccc(OC3CCCCO3)cc1)c1ccc(C#N)cc1)C2. The van der Waals surface area contributed by atoms with E-state index >= 15 is 0 Å². The number of piperidine rings is 1. The smallest absolute Gasteiger partial charge is 0.407 e. The maximum Gasteiger partial charge on any atom is 0.407 e. The number of nitriles is 1. The van der Waals surface area contributed by atoms with Gasteiger partial charge in [0, 0.05) is 32.6 Å². The number of hydrogen-bond acceptors (Lipinski definition) is 6. The van der Waals surface area contributed by atoms with Crippen LogP contribution in [0.15, 0.2) is 48.5 Å². The van der Waals surface area contributed by atoms with Gasteiger partial charge in [-0.25, -0.2) is 4.79 Å². The topological polar surface area (TPSA) is 95.3 Å². The van der Waals surface area contributed by atoms with E-state index in [-0.39, 0.29) is 18.4 Å². The Morgan fingerprint density at radius 3 is 2.38 bits per heavy atom. The van der Waals surface area contributed by atoms with Gasteiger partial charge in [-0.05, 0) is 98.9 Å². The van der Waals surface area contributed by atoms with Crippen molar-refractivity contribution >= 4 is 6.09 Å². The molecule has 1 amide bonds. The molecule has 1 saturated carbocycles. The van der Waals surface area contributed by atoms with Crippen LogP contribution in [-0.4, -0.2) is 66.6 Å². The minimum Gasteiger partial charge on any atom is -0.486 e. The summed E-state index contributed by atoms with van der Waals surface area (Å²) in [6.07, 6.45) is 5.99. The van der Waals surface area contributed by atoms with E-state index in [1.54, 1.807) is 7.05 Å². The van der Waals surface area contributed by atoms with E-state index in [9.17, 15) is 15.2 Å². The minimum absolute atomic E-state index is 0.140. The molecule has 8 nitrogen and oxygen atoms in total. The molecular weight excluding hydrogens is 494 g/mol. The Morgan fingerprint density at radius 2 is 1.77 bits per heavy atom. The molecule has 1 N–H and O–H groups in total. The number of likely N-dealkylation sites (tertiary alicyclic amines) is 1. The van der Waals surface area contributed by atoms with Crippen LogP contribution in [0.4, 0.5) is 4.79 Å². The molecular formula is C31H39N3O5. The Kier molecular flexibility index (Phi) is 8.90. The molecule has 3 aliphatic rings. The molecule has 39 heavy (non-hydrogen) atoms. The van der Waals surface area contributed by atoms with Crippen LogP contribution in [0.3, 0.4) is 0 Å². The van der Waals surface area contributed by atoms with E-state index in [2.05, 4.69) is 11.0 Å². The Balaban J connectivity index is 1.19. The van der Waals surface area contributed by atoms with Gasteiger partial charge in [0.2, 0.25) is 0 Å². The third-order valence-electron chi connectivity index (χ3n) is 8.47. The lowest BCUT2D eigenvalue weighted by Crippen LogP contribution is -2.53. The van der Waals surface area contributed by atoms with E-state index < -0.39 is 6.09 Å². The quantitative estimate of drug-likeness (QED) is 0.420. The summed E-state index contributed by atoms with van der Waals surface area (Å²) in [6.45, 7) is 3.61. The summed E-state index contributed by atoms with van der Waals surface area (Å²) < 4.78 is 18.1. The van der Waals surface area contributed by atoms with Gasteiger partial charge in [0.15, 0.2) is 6.29 Å². The highest BCUT2D eigenvalue weighted by atomic mass is 16.7. The number of amides is 1. The highest BCUT2D eigenvalue weighted by molar-refractivity contribution is 5.65. The number of carboxylic acid groups (broad SMARTS) is 1. The first kappa shape index (κ1) is 27.3. The first-order valence-electron chi connectivity index (χ1n) is 14.2. The van der Waals surface area contributed by atoms with Crippen molar-refractivity contribution < 1.29 is 24.1 Å². The number of carbonyl (C=O) groups is 1. The van der Waals surface area contributed by atoms with Crippen LogP contribution in [0.1, 0.15) is 62.2 Å². The van der Waals surface area contributed by atoms with Crippen molar-refractivity contribution in [2.45, 2.75) is 63.4 Å². The normalized spacial score (nSPS) is 25.4. The number of fused-ring (bicyclic) bond motifs is 2. The standard InChI is InChI=1S/C31H39N3O5/c1-33(31(35)36)30-24-11-12-25(30)21-34(20-24)17-4-5-28(23-9-7-22(19-32)8-10-23)38-26-13-15-27(16-14-26)39-29-6-2-3-18-37-29/h7-10,13-16,24-25,28-30H,2-6,11-12,17-18,20-21H2,1H3,(H,35,36). The molecule has 0 spiro atoms. The zero-order chi connectivity index (χ0) is 27.2. The number of hydrogen-bond donors (Lipinski definition) is 1. The molecule has 0 aromatic heterocycles. The van der Waals surface area contributed by atoms with Gasteiger partial charge in [0.25, 0.3) is 0 Å². The van der Waals surface area contributed by atoms with Crippen LogP contribution in [0.2, 0.25) is 0 Å². The van der Waals surface area contributed by atoms with Crippen LogP contribution in [0.25, 0.3) is 0 Å². The van der Waals surface area contributed by atoms with E-state index in [0.717, 1.165) is 88.2 Å². The zero-order valence-electron chi connectivity index (χ0n) is 22.7. The Morgan fingerprint density at radius 1 is 1.08 bits per heavy atom. The van der Waals surface area contributed by atoms with E-state index in [1.807, 2.05) is 48.5 Å². The summed E-state index contributed by atoms with van der Waals surface area (Å²) in [7, 11) is 1.72. The molecule has 3 fully saturated rings. The molecule has 2 saturated heterocycles. The second-order valence-electron chi connectivity index (χ2n) is 11.1. The molecule has 1 aliphatic carbocycles. The molecule has 2 aliphatic heterocycles. The lowest BCUT2D eigenvalue weighted by atomic mass is 9.91. The van der Waals surface area contributed by atoms with Crippen LogP contribution < -0.4 is 9.47 Å². The molecule has 4 unspecified atom stereocenters. The summed E-state index contributed by atoms with van der Waals surface area (Å²) in [4.78, 5) is 15.6. The summed E-state index contributed by atoms with van der Waals surface area (Å²) in [5, 5.41) is 18.7. The Labute approximate surface area is 231 Å². The van der Waals surface area contributed by atoms with Crippen molar-refractivity contribution in [3.63, 3.8) is 0 Å². The number of nitrogens with zero attached hydrogens (tertiary/aromatic N) is 3. The predicted octanol–water partition coefficient (Wildman–Crippen LogP) is 5.68. The highest BCUT2D eigenvalue weighted by Gasteiger charge is 2.45. The molecule has 2 aromatic carbocycles. The molecule has 2 aromatic rings. The van der Waals surface area contributed by atoms with Gasteiger partial charge in [-0.3, -0.25) is 0 Å². The van der Waals surface area contributed by atoms with Crippen molar-refractivity contribution in [3.8, 4) is 17.6 Å². The van der Waals surface area contributed by atoms with Crippen molar-refractivity contribution in [1.29, 1.82) is 5.26 Å². The third-order valence-corrected chi connectivity index (χ3v) is 8.47. The Bertz CT molecular complexity index is 1110. The average molecular weight is 534 g/mol. The van der Waals surface area contributed by atoms with Crippen molar-refractivity contribution in [2.75, 3.05) is 33.3 Å². The van der Waals surface area contributed by atoms with Crippen LogP contribution in [0, 0.1) is 23.2 Å². The molecule has 0 radical (unpaired) electrons. The van der Waals surface area contributed by atoms with Crippen LogP contribution in [0.5, 0.6) is 11.5 Å². The molecule has 4 atom stereocenters. The number of benzene rings is 2. The van der Waals surface area contributed by atoms with Crippen molar-refractivity contribution in [3.05, 3.63) is 59.7 Å². The van der Waals surface area contributed by atoms with Gasteiger partial charge in [0.1, 0.15) is 17.6 Å². The summed E-state index contributed by atoms with van der Waals surface area (Å²) in [6, 6.07) is 17.7. The minimum atomic E-state index is -0.824. The Hall–Kier alpha value is -3.28. The fraction of sp³-hybridized carbons (Fsp3) is 0.548. The zero-order valence-corrected chi connectivity index (χ0v) is 22.7. The molecule has 208 valence electrons. The first-order valence-corrected chi connectivity index (χ1v) is 14.2. The fourth-order valence-corrected chi connectivity index (χ4v) is 6.52. The molecule has 2 heterocycles.